The lowest BCUT2D eigenvalue weighted by Gasteiger charge is -2.21. The second-order valence-electron chi connectivity index (χ2n) is 8.10. The molecule has 0 radical (unpaired) electrons. The van der Waals surface area contributed by atoms with Crippen molar-refractivity contribution in [1.82, 2.24) is 19.7 Å². The van der Waals surface area contributed by atoms with Gasteiger partial charge in [-0.25, -0.2) is 12.8 Å². The number of nitriles is 1. The maximum atomic E-state index is 14.5. The Morgan fingerprint density at radius 2 is 1.87 bits per heavy atom. The SMILES string of the molecule is COc1cccc(OC)c1-n1c(NS(=O)(=O)[C@@H](C)[C@@H](O)c2ncc(C#N)cc2F)nnc1-c1ccc(C)o1. The summed E-state index contributed by atoms with van der Waals surface area (Å²) in [4.78, 5) is 3.73. The summed E-state index contributed by atoms with van der Waals surface area (Å²) in [6.45, 7) is 2.91. The number of nitrogens with one attached hydrogen (secondary N) is 1. The highest BCUT2D eigenvalue weighted by molar-refractivity contribution is 7.93. The summed E-state index contributed by atoms with van der Waals surface area (Å²) >= 11 is 0. The first-order valence-corrected chi connectivity index (χ1v) is 12.6. The lowest BCUT2D eigenvalue weighted by molar-refractivity contribution is 0.166. The number of pyridine rings is 1. The molecule has 0 aliphatic carbocycles. The van der Waals surface area contributed by atoms with Crippen LogP contribution in [-0.2, 0) is 10.0 Å². The van der Waals surface area contributed by atoms with Gasteiger partial charge in [0.25, 0.3) is 0 Å². The third kappa shape index (κ3) is 4.89. The predicted molar refractivity (Wildman–Crippen MR) is 133 cm³/mol. The molecule has 0 fully saturated rings. The highest BCUT2D eigenvalue weighted by Crippen LogP contribution is 2.38. The molecule has 198 valence electrons. The van der Waals surface area contributed by atoms with Gasteiger partial charge in [0.15, 0.2) is 5.76 Å². The number of aliphatic hydroxyl groups is 1. The average Bonchev–Trinajstić information content (AvgIpc) is 3.52. The van der Waals surface area contributed by atoms with Crippen LogP contribution >= 0.6 is 0 Å². The average molecular weight is 543 g/mol. The summed E-state index contributed by atoms with van der Waals surface area (Å²) in [5.74, 6) is 0.326. The highest BCUT2D eigenvalue weighted by Gasteiger charge is 2.34. The van der Waals surface area contributed by atoms with Gasteiger partial charge < -0.3 is 19.0 Å². The maximum absolute atomic E-state index is 14.5. The van der Waals surface area contributed by atoms with Crippen LogP contribution in [0.1, 0.15) is 30.0 Å². The summed E-state index contributed by atoms with van der Waals surface area (Å²) in [7, 11) is -1.57. The molecule has 0 spiro atoms. The number of para-hydroxylation sites is 1. The van der Waals surface area contributed by atoms with Crippen LogP contribution in [0, 0.1) is 24.1 Å². The quantitative estimate of drug-likeness (QED) is 0.321. The number of ether oxygens (including phenoxy) is 2. The van der Waals surface area contributed by atoms with Gasteiger partial charge in [0.05, 0.1) is 19.8 Å². The van der Waals surface area contributed by atoms with Crippen LogP contribution in [0.15, 0.2) is 47.0 Å². The van der Waals surface area contributed by atoms with E-state index >= 15 is 0 Å². The van der Waals surface area contributed by atoms with Crippen molar-refractivity contribution in [3.8, 4) is 34.8 Å². The second-order valence-corrected chi connectivity index (χ2v) is 10.1. The Kier molecular flexibility index (Phi) is 7.33. The number of hydrogen-bond donors (Lipinski definition) is 2. The van der Waals surface area contributed by atoms with Crippen molar-refractivity contribution in [2.45, 2.75) is 25.2 Å². The molecule has 38 heavy (non-hydrogen) atoms. The van der Waals surface area contributed by atoms with Crippen molar-refractivity contribution in [3.05, 3.63) is 65.4 Å². The summed E-state index contributed by atoms with van der Waals surface area (Å²) in [6.07, 6.45) is -0.832. The number of aryl methyl sites for hydroxylation is 1. The van der Waals surface area contributed by atoms with E-state index in [0.29, 0.717) is 17.3 Å². The minimum absolute atomic E-state index is 0.0772. The lowest BCUT2D eigenvalue weighted by Crippen LogP contribution is -2.32. The van der Waals surface area contributed by atoms with Gasteiger partial charge in [-0.05, 0) is 44.2 Å². The van der Waals surface area contributed by atoms with Crippen LogP contribution in [0.4, 0.5) is 10.3 Å². The van der Waals surface area contributed by atoms with Gasteiger partial charge in [0.1, 0.15) is 51.9 Å². The first-order chi connectivity index (χ1) is 18.1. The van der Waals surface area contributed by atoms with Gasteiger partial charge >= 0.3 is 0 Å². The number of rotatable bonds is 9. The summed E-state index contributed by atoms with van der Waals surface area (Å²) in [6, 6.07) is 10.9. The van der Waals surface area contributed by atoms with Gasteiger partial charge in [-0.1, -0.05) is 6.07 Å². The molecule has 0 aliphatic heterocycles. The van der Waals surface area contributed by atoms with Crippen LogP contribution in [0.25, 0.3) is 17.3 Å². The largest absolute Gasteiger partial charge is 0.494 e. The molecule has 2 atom stereocenters. The highest BCUT2D eigenvalue weighted by atomic mass is 32.2. The summed E-state index contributed by atoms with van der Waals surface area (Å²) in [5, 5.41) is 26.1. The van der Waals surface area contributed by atoms with Crippen LogP contribution in [-0.4, -0.2) is 52.7 Å². The van der Waals surface area contributed by atoms with Crippen LogP contribution < -0.4 is 14.2 Å². The normalized spacial score (nSPS) is 13.0. The number of hydrogen-bond acceptors (Lipinski definition) is 10. The van der Waals surface area contributed by atoms with Crippen molar-refractivity contribution >= 4 is 16.0 Å². The first-order valence-electron chi connectivity index (χ1n) is 11.1. The molecule has 12 nitrogen and oxygen atoms in total. The zero-order valence-electron chi connectivity index (χ0n) is 20.7. The molecule has 0 unspecified atom stereocenters. The van der Waals surface area contributed by atoms with Gasteiger partial charge in [-0.2, -0.15) is 5.26 Å². The van der Waals surface area contributed by atoms with Crippen LogP contribution in [0.2, 0.25) is 0 Å². The Balaban J connectivity index is 1.81. The van der Waals surface area contributed by atoms with E-state index in [9.17, 15) is 17.9 Å². The number of halogens is 1. The zero-order chi connectivity index (χ0) is 27.6. The van der Waals surface area contributed by atoms with Crippen molar-refractivity contribution < 1.29 is 31.8 Å². The van der Waals surface area contributed by atoms with Gasteiger partial charge in [-0.15, -0.1) is 10.2 Å². The second kappa shape index (κ2) is 10.5. The third-order valence-corrected chi connectivity index (χ3v) is 7.40. The number of nitrogens with zero attached hydrogens (tertiary/aromatic N) is 5. The Hall–Kier alpha value is -4.48. The fourth-order valence-corrected chi connectivity index (χ4v) is 4.71. The molecule has 3 heterocycles. The van der Waals surface area contributed by atoms with E-state index in [0.717, 1.165) is 12.3 Å². The van der Waals surface area contributed by atoms with Crippen LogP contribution in [0.5, 0.6) is 11.5 Å². The van der Waals surface area contributed by atoms with Crippen molar-refractivity contribution in [3.63, 3.8) is 0 Å². The zero-order valence-corrected chi connectivity index (χ0v) is 21.5. The molecule has 2 N–H and O–H groups in total. The molecule has 0 saturated carbocycles. The number of aromatic nitrogens is 4. The van der Waals surface area contributed by atoms with E-state index in [1.165, 1.54) is 25.7 Å². The smallest absolute Gasteiger partial charge is 0.243 e. The molecule has 1 aromatic carbocycles. The molecule has 0 bridgehead atoms. The fraction of sp³-hybridized carbons (Fsp3) is 0.250. The number of methoxy groups -OCH3 is 2. The maximum Gasteiger partial charge on any atom is 0.243 e. The molecular weight excluding hydrogens is 519 g/mol. The minimum atomic E-state index is -4.43. The molecular formula is C24H23FN6O6S. The molecule has 4 rings (SSSR count). The van der Waals surface area contributed by atoms with Gasteiger partial charge in [0.2, 0.25) is 21.8 Å². The van der Waals surface area contributed by atoms with E-state index in [1.807, 2.05) is 0 Å². The van der Waals surface area contributed by atoms with Crippen molar-refractivity contribution in [2.75, 3.05) is 18.9 Å². The molecule has 0 aliphatic rings. The molecule has 14 heteroatoms. The van der Waals surface area contributed by atoms with E-state index in [4.69, 9.17) is 19.2 Å². The van der Waals surface area contributed by atoms with Crippen molar-refractivity contribution in [2.24, 2.45) is 0 Å². The number of furan rings is 1. The molecule has 3 aromatic heterocycles. The third-order valence-electron chi connectivity index (χ3n) is 5.70. The van der Waals surface area contributed by atoms with Gasteiger partial charge in [-0.3, -0.25) is 14.3 Å². The topological polar surface area (TPSA) is 165 Å². The summed E-state index contributed by atoms with van der Waals surface area (Å²) in [5.41, 5.74) is -0.328. The standard InChI is InChI=1S/C24H23FN6O6S/c1-13-8-9-19(37-13)23-28-29-24(31(23)21-17(35-3)6-5-7-18(21)36-4)30-38(33,34)14(2)22(32)20-16(25)10-15(11-26)12-27-20/h5-10,12,14,22,32H,1-4H3,(H,29,30)/t14-,22+/m0/s1. The fourth-order valence-electron chi connectivity index (χ4n) is 3.67. The Bertz CT molecular complexity index is 1610. The van der Waals surface area contributed by atoms with E-state index in [2.05, 4.69) is 19.9 Å². The van der Waals surface area contributed by atoms with Crippen molar-refractivity contribution in [1.29, 1.82) is 5.26 Å². The first kappa shape index (κ1) is 26.6. The molecule has 0 amide bonds. The Morgan fingerprint density at radius 3 is 2.42 bits per heavy atom. The number of sulfonamides is 1. The lowest BCUT2D eigenvalue weighted by atomic mass is 10.1. The predicted octanol–water partition coefficient (Wildman–Crippen LogP) is 3.12. The Morgan fingerprint density at radius 1 is 1.18 bits per heavy atom. The van der Waals surface area contributed by atoms with E-state index in [-0.39, 0.29) is 28.8 Å². The summed E-state index contributed by atoms with van der Waals surface area (Å²) < 4.78 is 61.5. The number of anilines is 1. The monoisotopic (exact) mass is 542 g/mol. The van der Waals surface area contributed by atoms with E-state index < -0.39 is 32.9 Å². The number of benzene rings is 1. The molecule has 0 saturated heterocycles. The minimum Gasteiger partial charge on any atom is -0.494 e. The molecule has 4 aromatic rings. The number of aliphatic hydroxyl groups excluding tert-OH is 1. The van der Waals surface area contributed by atoms with E-state index in [1.54, 1.807) is 43.3 Å². The Labute approximate surface area is 217 Å². The van der Waals surface area contributed by atoms with Crippen LogP contribution in [0.3, 0.4) is 0 Å². The van der Waals surface area contributed by atoms with Gasteiger partial charge in [0, 0.05) is 6.20 Å².